The second kappa shape index (κ2) is 4.24. The second-order valence-corrected chi connectivity index (χ2v) is 3.38. The smallest absolute Gasteiger partial charge is 0.131 e. The molecule has 0 aliphatic carbocycles. The van der Waals surface area contributed by atoms with E-state index in [4.69, 9.17) is 5.73 Å². The zero-order valence-electron chi connectivity index (χ0n) is 8.28. The SMILES string of the molecule is NCc1ccc(-c2ccccc2)c(F)c1. The van der Waals surface area contributed by atoms with Crippen LogP contribution in [0.3, 0.4) is 0 Å². The van der Waals surface area contributed by atoms with E-state index in [-0.39, 0.29) is 5.82 Å². The molecular formula is C13H12FN. The Hall–Kier alpha value is -1.67. The fourth-order valence-corrected chi connectivity index (χ4v) is 1.54. The number of nitrogens with two attached hydrogens (primary N) is 1. The van der Waals surface area contributed by atoms with Crippen molar-refractivity contribution in [2.75, 3.05) is 0 Å². The number of hydrogen-bond acceptors (Lipinski definition) is 1. The van der Waals surface area contributed by atoms with Gasteiger partial charge in [-0.3, -0.25) is 0 Å². The highest BCUT2D eigenvalue weighted by Gasteiger charge is 2.04. The van der Waals surface area contributed by atoms with Gasteiger partial charge in [-0.15, -0.1) is 0 Å². The Morgan fingerprint density at radius 1 is 1.00 bits per heavy atom. The monoisotopic (exact) mass is 201 g/mol. The van der Waals surface area contributed by atoms with E-state index in [1.54, 1.807) is 6.07 Å². The van der Waals surface area contributed by atoms with Gasteiger partial charge in [-0.2, -0.15) is 0 Å². The Kier molecular flexibility index (Phi) is 2.79. The Balaban J connectivity index is 2.46. The third-order valence-corrected chi connectivity index (χ3v) is 2.35. The van der Waals surface area contributed by atoms with Gasteiger partial charge >= 0.3 is 0 Å². The Labute approximate surface area is 88.4 Å². The molecule has 0 unspecified atom stereocenters. The molecule has 76 valence electrons. The summed E-state index contributed by atoms with van der Waals surface area (Å²) in [5, 5.41) is 0. The summed E-state index contributed by atoms with van der Waals surface area (Å²) in [5.41, 5.74) is 7.76. The molecular weight excluding hydrogens is 189 g/mol. The number of hydrogen-bond donors (Lipinski definition) is 1. The van der Waals surface area contributed by atoms with Crippen molar-refractivity contribution in [3.63, 3.8) is 0 Å². The predicted octanol–water partition coefficient (Wildman–Crippen LogP) is 2.95. The van der Waals surface area contributed by atoms with Crippen LogP contribution in [-0.4, -0.2) is 0 Å². The zero-order valence-corrected chi connectivity index (χ0v) is 8.28. The van der Waals surface area contributed by atoms with Crippen LogP contribution in [0.4, 0.5) is 4.39 Å². The van der Waals surface area contributed by atoms with Gasteiger partial charge in [0.25, 0.3) is 0 Å². The van der Waals surface area contributed by atoms with E-state index in [1.165, 1.54) is 6.07 Å². The van der Waals surface area contributed by atoms with E-state index < -0.39 is 0 Å². The molecule has 2 rings (SSSR count). The van der Waals surface area contributed by atoms with Crippen LogP contribution in [0.1, 0.15) is 5.56 Å². The minimum Gasteiger partial charge on any atom is -0.326 e. The lowest BCUT2D eigenvalue weighted by Gasteiger charge is -2.04. The lowest BCUT2D eigenvalue weighted by Crippen LogP contribution is -1.97. The molecule has 2 aromatic rings. The summed E-state index contributed by atoms with van der Waals surface area (Å²) in [7, 11) is 0. The maximum atomic E-state index is 13.7. The first-order valence-electron chi connectivity index (χ1n) is 4.85. The van der Waals surface area contributed by atoms with Crippen LogP contribution in [0.25, 0.3) is 11.1 Å². The fraction of sp³-hybridized carbons (Fsp3) is 0.0769. The Morgan fingerprint density at radius 2 is 1.73 bits per heavy atom. The van der Waals surface area contributed by atoms with Crippen LogP contribution in [0, 0.1) is 5.82 Å². The van der Waals surface area contributed by atoms with Gasteiger partial charge in [0.1, 0.15) is 5.82 Å². The second-order valence-electron chi connectivity index (χ2n) is 3.38. The standard InChI is InChI=1S/C13H12FN/c14-13-8-10(9-15)6-7-12(13)11-4-2-1-3-5-11/h1-8H,9,15H2. The minimum absolute atomic E-state index is 0.218. The summed E-state index contributed by atoms with van der Waals surface area (Å²) in [6.07, 6.45) is 0. The molecule has 0 radical (unpaired) electrons. The molecule has 2 aromatic carbocycles. The van der Waals surface area contributed by atoms with Gasteiger partial charge in [0.2, 0.25) is 0 Å². The molecule has 0 spiro atoms. The Morgan fingerprint density at radius 3 is 2.33 bits per heavy atom. The van der Waals surface area contributed by atoms with E-state index in [9.17, 15) is 4.39 Å². The van der Waals surface area contributed by atoms with Crippen molar-refractivity contribution in [3.8, 4) is 11.1 Å². The molecule has 0 aliphatic heterocycles. The van der Waals surface area contributed by atoms with Gasteiger partial charge in [-0.05, 0) is 17.2 Å². The largest absolute Gasteiger partial charge is 0.326 e. The number of halogens is 1. The van der Waals surface area contributed by atoms with E-state index in [2.05, 4.69) is 0 Å². The van der Waals surface area contributed by atoms with E-state index in [1.807, 2.05) is 36.4 Å². The van der Waals surface area contributed by atoms with E-state index in [0.29, 0.717) is 12.1 Å². The molecule has 2 heteroatoms. The van der Waals surface area contributed by atoms with Gasteiger partial charge in [0, 0.05) is 12.1 Å². The Bertz CT molecular complexity index is 451. The van der Waals surface area contributed by atoms with Crippen molar-refractivity contribution < 1.29 is 4.39 Å². The van der Waals surface area contributed by atoms with Crippen molar-refractivity contribution in [1.82, 2.24) is 0 Å². The zero-order chi connectivity index (χ0) is 10.7. The molecule has 0 aromatic heterocycles. The van der Waals surface area contributed by atoms with Crippen molar-refractivity contribution >= 4 is 0 Å². The van der Waals surface area contributed by atoms with Gasteiger partial charge in [0.05, 0.1) is 0 Å². The highest BCUT2D eigenvalue weighted by molar-refractivity contribution is 5.64. The fourth-order valence-electron chi connectivity index (χ4n) is 1.54. The lowest BCUT2D eigenvalue weighted by molar-refractivity contribution is 0.629. The third-order valence-electron chi connectivity index (χ3n) is 2.35. The molecule has 0 fully saturated rings. The maximum Gasteiger partial charge on any atom is 0.131 e. The van der Waals surface area contributed by atoms with Gasteiger partial charge < -0.3 is 5.73 Å². The summed E-state index contributed by atoms with van der Waals surface area (Å²) in [6, 6.07) is 14.6. The summed E-state index contributed by atoms with van der Waals surface area (Å²) < 4.78 is 13.7. The topological polar surface area (TPSA) is 26.0 Å². The molecule has 1 nitrogen and oxygen atoms in total. The van der Waals surface area contributed by atoms with Crippen LogP contribution >= 0.6 is 0 Å². The summed E-state index contributed by atoms with van der Waals surface area (Å²) in [5.74, 6) is -0.218. The normalized spacial score (nSPS) is 10.3. The summed E-state index contributed by atoms with van der Waals surface area (Å²) in [6.45, 7) is 0.367. The van der Waals surface area contributed by atoms with Gasteiger partial charge in [-0.1, -0.05) is 42.5 Å². The van der Waals surface area contributed by atoms with Crippen LogP contribution < -0.4 is 5.73 Å². The highest BCUT2D eigenvalue weighted by Crippen LogP contribution is 2.22. The third kappa shape index (κ3) is 2.05. The molecule has 0 saturated carbocycles. The van der Waals surface area contributed by atoms with Crippen LogP contribution in [-0.2, 0) is 6.54 Å². The molecule has 0 heterocycles. The first kappa shape index (κ1) is 9.87. The maximum absolute atomic E-state index is 13.7. The van der Waals surface area contributed by atoms with Crippen LogP contribution in [0.2, 0.25) is 0 Å². The quantitative estimate of drug-likeness (QED) is 0.794. The van der Waals surface area contributed by atoms with Crippen LogP contribution in [0.5, 0.6) is 0 Å². The average molecular weight is 201 g/mol. The van der Waals surface area contributed by atoms with E-state index >= 15 is 0 Å². The highest BCUT2D eigenvalue weighted by atomic mass is 19.1. The minimum atomic E-state index is -0.218. The summed E-state index contributed by atoms with van der Waals surface area (Å²) >= 11 is 0. The number of rotatable bonds is 2. The molecule has 0 aliphatic rings. The van der Waals surface area contributed by atoms with Crippen molar-refractivity contribution in [2.24, 2.45) is 5.73 Å². The molecule has 0 amide bonds. The molecule has 15 heavy (non-hydrogen) atoms. The van der Waals surface area contributed by atoms with Crippen LogP contribution in [0.15, 0.2) is 48.5 Å². The predicted molar refractivity (Wildman–Crippen MR) is 59.7 cm³/mol. The van der Waals surface area contributed by atoms with Crippen molar-refractivity contribution in [1.29, 1.82) is 0 Å². The summed E-state index contributed by atoms with van der Waals surface area (Å²) in [4.78, 5) is 0. The molecule has 0 saturated heterocycles. The van der Waals surface area contributed by atoms with Crippen molar-refractivity contribution in [3.05, 3.63) is 59.9 Å². The first-order chi connectivity index (χ1) is 7.31. The average Bonchev–Trinajstić information content (AvgIpc) is 2.30. The lowest BCUT2D eigenvalue weighted by atomic mass is 10.0. The molecule has 0 bridgehead atoms. The first-order valence-corrected chi connectivity index (χ1v) is 4.85. The van der Waals surface area contributed by atoms with E-state index in [0.717, 1.165) is 11.1 Å². The van der Waals surface area contributed by atoms with Crippen molar-refractivity contribution in [2.45, 2.75) is 6.54 Å². The molecule has 2 N–H and O–H groups in total. The van der Waals surface area contributed by atoms with Gasteiger partial charge in [-0.25, -0.2) is 4.39 Å². The number of benzene rings is 2. The van der Waals surface area contributed by atoms with Gasteiger partial charge in [0.15, 0.2) is 0 Å². The molecule has 0 atom stereocenters.